The number of rotatable bonds is 7. The number of hydrogen-bond donors (Lipinski definition) is 0. The van der Waals surface area contributed by atoms with E-state index in [9.17, 15) is 9.59 Å². The second-order valence-electron chi connectivity index (χ2n) is 7.13. The minimum atomic E-state index is -0.350. The van der Waals surface area contributed by atoms with Crippen molar-refractivity contribution in [2.24, 2.45) is 4.99 Å². The van der Waals surface area contributed by atoms with Gasteiger partial charge in [-0.1, -0.05) is 30.7 Å². The minimum Gasteiger partial charge on any atom is -0.465 e. The van der Waals surface area contributed by atoms with Crippen molar-refractivity contribution in [1.29, 1.82) is 0 Å². The molecule has 8 heteroatoms. The Morgan fingerprint density at radius 2 is 2.00 bits per heavy atom. The highest BCUT2D eigenvalue weighted by molar-refractivity contribution is 7.17. The average Bonchev–Trinajstić information content (AvgIpc) is 3.36. The second kappa shape index (κ2) is 9.53. The molecule has 4 aromatic rings. The highest BCUT2D eigenvalue weighted by atomic mass is 32.1. The molecule has 0 bridgehead atoms. The molecular formula is C23H23N3O3S2. The summed E-state index contributed by atoms with van der Waals surface area (Å²) in [6.07, 6.45) is 3.25. The van der Waals surface area contributed by atoms with E-state index < -0.39 is 0 Å². The number of carbonyl (C=O) groups is 2. The van der Waals surface area contributed by atoms with Crippen molar-refractivity contribution >= 4 is 55.0 Å². The van der Waals surface area contributed by atoms with Crippen LogP contribution in [0.2, 0.25) is 0 Å². The molecule has 0 radical (unpaired) electrons. The molecule has 0 saturated heterocycles. The summed E-state index contributed by atoms with van der Waals surface area (Å²) < 4.78 is 8.85. The molecule has 0 aliphatic rings. The Hall–Kier alpha value is -2.84. The predicted octanol–water partition coefficient (Wildman–Crippen LogP) is 4.96. The monoisotopic (exact) mass is 453 g/mol. The van der Waals surface area contributed by atoms with E-state index >= 15 is 0 Å². The van der Waals surface area contributed by atoms with Gasteiger partial charge >= 0.3 is 5.97 Å². The van der Waals surface area contributed by atoms with Crippen LogP contribution in [0.4, 0.5) is 0 Å². The van der Waals surface area contributed by atoms with Crippen LogP contribution in [0.1, 0.15) is 42.6 Å². The molecule has 0 spiro atoms. The largest absolute Gasteiger partial charge is 0.465 e. The molecule has 0 saturated carbocycles. The van der Waals surface area contributed by atoms with Gasteiger partial charge in [-0.2, -0.15) is 4.99 Å². The zero-order chi connectivity index (χ0) is 21.8. The Labute approximate surface area is 187 Å². The van der Waals surface area contributed by atoms with Crippen molar-refractivity contribution in [3.63, 3.8) is 0 Å². The molecule has 0 fully saturated rings. The smallest absolute Gasteiger partial charge is 0.326 e. The van der Waals surface area contributed by atoms with Crippen LogP contribution >= 0.6 is 22.7 Å². The first-order chi connectivity index (χ1) is 15.1. The lowest BCUT2D eigenvalue weighted by atomic mass is 10.1. The molecule has 2 heterocycles. The molecule has 31 heavy (non-hydrogen) atoms. The summed E-state index contributed by atoms with van der Waals surface area (Å²) in [5.74, 6) is -0.692. The van der Waals surface area contributed by atoms with Crippen LogP contribution in [-0.2, 0) is 22.5 Å². The quantitative estimate of drug-likeness (QED) is 0.371. The molecule has 160 valence electrons. The third kappa shape index (κ3) is 4.75. The predicted molar refractivity (Wildman–Crippen MR) is 125 cm³/mol. The van der Waals surface area contributed by atoms with Crippen LogP contribution in [-0.4, -0.2) is 28.0 Å². The van der Waals surface area contributed by atoms with Gasteiger partial charge in [0.2, 0.25) is 0 Å². The standard InChI is InChI=1S/C23H23N3O3S2/c1-3-5-6-15-7-10-18-20(11-15)31-23(26(18)13-21(27)29-4-2)25-22(28)16-8-9-17-19(12-16)30-14-24-17/h7-12,14H,3-6,13H2,1-2H3. The summed E-state index contributed by atoms with van der Waals surface area (Å²) in [5.41, 5.74) is 5.24. The van der Waals surface area contributed by atoms with Gasteiger partial charge in [0.1, 0.15) is 6.54 Å². The number of carbonyl (C=O) groups excluding carboxylic acids is 2. The molecule has 0 N–H and O–H groups in total. The zero-order valence-corrected chi connectivity index (χ0v) is 19.1. The van der Waals surface area contributed by atoms with Gasteiger partial charge in [0.25, 0.3) is 5.91 Å². The average molecular weight is 454 g/mol. The molecular weight excluding hydrogens is 430 g/mol. The van der Waals surface area contributed by atoms with Gasteiger partial charge in [0.15, 0.2) is 4.80 Å². The van der Waals surface area contributed by atoms with Gasteiger partial charge in [-0.3, -0.25) is 9.59 Å². The van der Waals surface area contributed by atoms with E-state index in [0.717, 1.165) is 39.7 Å². The number of fused-ring (bicyclic) bond motifs is 2. The van der Waals surface area contributed by atoms with Crippen LogP contribution in [0.3, 0.4) is 0 Å². The lowest BCUT2D eigenvalue weighted by molar-refractivity contribution is -0.143. The highest BCUT2D eigenvalue weighted by Gasteiger charge is 2.14. The number of unbranched alkanes of at least 4 members (excludes halogenated alkanes) is 1. The summed E-state index contributed by atoms with van der Waals surface area (Å²) >= 11 is 2.90. The summed E-state index contributed by atoms with van der Waals surface area (Å²) in [7, 11) is 0. The highest BCUT2D eigenvalue weighted by Crippen LogP contribution is 2.22. The normalized spacial score (nSPS) is 12.0. The van der Waals surface area contributed by atoms with Crippen molar-refractivity contribution in [3.05, 3.63) is 57.8 Å². The maximum Gasteiger partial charge on any atom is 0.326 e. The van der Waals surface area contributed by atoms with Crippen LogP contribution in [0, 0.1) is 0 Å². The Morgan fingerprint density at radius 1 is 1.13 bits per heavy atom. The van der Waals surface area contributed by atoms with Crippen molar-refractivity contribution in [3.8, 4) is 0 Å². The number of benzene rings is 2. The maximum absolute atomic E-state index is 12.9. The first-order valence-corrected chi connectivity index (χ1v) is 12.0. The first-order valence-electron chi connectivity index (χ1n) is 10.3. The summed E-state index contributed by atoms with van der Waals surface area (Å²) in [4.78, 5) is 34.3. The third-order valence-electron chi connectivity index (χ3n) is 4.93. The Morgan fingerprint density at radius 3 is 2.81 bits per heavy atom. The lowest BCUT2D eigenvalue weighted by Crippen LogP contribution is -2.23. The van der Waals surface area contributed by atoms with Crippen molar-refractivity contribution in [2.75, 3.05) is 6.61 Å². The summed E-state index contributed by atoms with van der Waals surface area (Å²) in [5, 5.41) is 0. The second-order valence-corrected chi connectivity index (χ2v) is 9.03. The number of ether oxygens (including phenoxy) is 1. The van der Waals surface area contributed by atoms with E-state index in [2.05, 4.69) is 29.0 Å². The number of hydrogen-bond acceptors (Lipinski definition) is 6. The maximum atomic E-state index is 12.9. The molecule has 0 unspecified atom stereocenters. The fourth-order valence-corrected chi connectivity index (χ4v) is 5.18. The van der Waals surface area contributed by atoms with Gasteiger partial charge in [-0.25, -0.2) is 4.98 Å². The molecule has 2 aromatic carbocycles. The number of thiazole rings is 2. The van der Waals surface area contributed by atoms with Crippen molar-refractivity contribution < 1.29 is 14.3 Å². The van der Waals surface area contributed by atoms with E-state index in [1.165, 1.54) is 28.2 Å². The van der Waals surface area contributed by atoms with Gasteiger partial charge in [-0.15, -0.1) is 11.3 Å². The van der Waals surface area contributed by atoms with E-state index in [1.54, 1.807) is 23.1 Å². The fraction of sp³-hybridized carbons (Fsp3) is 0.304. The molecule has 0 aliphatic heterocycles. The number of amides is 1. The van der Waals surface area contributed by atoms with Crippen LogP contribution in [0.5, 0.6) is 0 Å². The van der Waals surface area contributed by atoms with E-state index in [1.807, 2.05) is 18.2 Å². The molecule has 0 aliphatic carbocycles. The van der Waals surface area contributed by atoms with Crippen molar-refractivity contribution in [1.82, 2.24) is 9.55 Å². The lowest BCUT2D eigenvalue weighted by Gasteiger charge is -2.06. The summed E-state index contributed by atoms with van der Waals surface area (Å²) in [6, 6.07) is 11.6. The fourth-order valence-electron chi connectivity index (χ4n) is 3.37. The Balaban J connectivity index is 1.77. The van der Waals surface area contributed by atoms with Gasteiger partial charge in [-0.05, 0) is 55.7 Å². The van der Waals surface area contributed by atoms with Crippen LogP contribution in [0.25, 0.3) is 20.4 Å². The summed E-state index contributed by atoms with van der Waals surface area (Å²) in [6.45, 7) is 4.27. The molecule has 0 atom stereocenters. The van der Waals surface area contributed by atoms with E-state index in [4.69, 9.17) is 4.74 Å². The number of aryl methyl sites for hydroxylation is 1. The minimum absolute atomic E-state index is 0.0160. The Kier molecular flexibility index (Phi) is 6.58. The SMILES string of the molecule is CCCCc1ccc2c(c1)sc(=NC(=O)c1ccc3ncsc3c1)n2CC(=O)OCC. The van der Waals surface area contributed by atoms with Gasteiger partial charge in [0.05, 0.1) is 32.6 Å². The zero-order valence-electron chi connectivity index (χ0n) is 17.5. The van der Waals surface area contributed by atoms with E-state index in [0.29, 0.717) is 17.0 Å². The molecule has 6 nitrogen and oxygen atoms in total. The van der Waals surface area contributed by atoms with Gasteiger partial charge < -0.3 is 9.30 Å². The molecule has 1 amide bonds. The number of aromatic nitrogens is 2. The molecule has 4 rings (SSSR count). The first kappa shape index (κ1) is 21.4. The van der Waals surface area contributed by atoms with Crippen LogP contribution in [0.15, 0.2) is 46.9 Å². The van der Waals surface area contributed by atoms with Crippen molar-refractivity contribution in [2.45, 2.75) is 39.7 Å². The topological polar surface area (TPSA) is 73.5 Å². The molecule has 2 aromatic heterocycles. The number of nitrogens with zero attached hydrogens (tertiary/aromatic N) is 3. The number of esters is 1. The van der Waals surface area contributed by atoms with Crippen LogP contribution < -0.4 is 4.80 Å². The van der Waals surface area contributed by atoms with Gasteiger partial charge in [0, 0.05) is 5.56 Å². The Bertz CT molecular complexity index is 1320. The van der Waals surface area contributed by atoms with E-state index in [-0.39, 0.29) is 18.4 Å². The third-order valence-corrected chi connectivity index (χ3v) is 6.77.